The molecule has 30 heavy (non-hydrogen) atoms. The van der Waals surface area contributed by atoms with Crippen LogP contribution in [0.3, 0.4) is 0 Å². The molecule has 0 bridgehead atoms. The SMILES string of the molecule is COc1cc(C=C2C(=O)NC(=O)N(Cc3ccc(F)cc3)C2=O)cc([N+](=O)[O-])c1[O-]. The van der Waals surface area contributed by atoms with E-state index in [-0.39, 0.29) is 17.9 Å². The van der Waals surface area contributed by atoms with E-state index in [2.05, 4.69) is 0 Å². The molecule has 1 fully saturated rings. The summed E-state index contributed by atoms with van der Waals surface area (Å²) in [6.45, 7) is -0.238. The second-order valence-corrected chi connectivity index (χ2v) is 6.16. The van der Waals surface area contributed by atoms with Crippen LogP contribution >= 0.6 is 0 Å². The number of benzene rings is 2. The minimum absolute atomic E-state index is 0.0206. The molecule has 10 nitrogen and oxygen atoms in total. The highest BCUT2D eigenvalue weighted by atomic mass is 19.1. The first-order chi connectivity index (χ1) is 14.2. The van der Waals surface area contributed by atoms with E-state index in [1.165, 1.54) is 12.1 Å². The van der Waals surface area contributed by atoms with E-state index in [0.717, 1.165) is 42.4 Å². The van der Waals surface area contributed by atoms with Gasteiger partial charge in [0.2, 0.25) is 0 Å². The molecule has 154 valence electrons. The number of urea groups is 1. The minimum atomic E-state index is -1.01. The molecule has 0 aromatic heterocycles. The quantitative estimate of drug-likeness (QED) is 0.338. The molecule has 4 amide bonds. The molecule has 0 spiro atoms. The molecule has 0 aliphatic carbocycles. The van der Waals surface area contributed by atoms with Gasteiger partial charge in [0.05, 0.1) is 18.6 Å². The fourth-order valence-electron chi connectivity index (χ4n) is 2.76. The van der Waals surface area contributed by atoms with Gasteiger partial charge in [-0.1, -0.05) is 12.1 Å². The molecule has 0 saturated carbocycles. The van der Waals surface area contributed by atoms with Crippen molar-refractivity contribution in [2.75, 3.05) is 7.11 Å². The summed E-state index contributed by atoms with van der Waals surface area (Å²) >= 11 is 0. The summed E-state index contributed by atoms with van der Waals surface area (Å²) < 4.78 is 17.9. The maximum atomic E-state index is 13.1. The lowest BCUT2D eigenvalue weighted by Crippen LogP contribution is -2.53. The fourth-order valence-corrected chi connectivity index (χ4v) is 2.76. The number of ether oxygens (including phenoxy) is 1. The number of hydrogen-bond donors (Lipinski definition) is 1. The molecule has 1 N–H and O–H groups in total. The standard InChI is InChI=1S/C19H14FN3O7/c1-30-15-8-11(7-14(16(15)24)23(28)29)6-13-17(25)21-19(27)22(18(13)26)9-10-2-4-12(20)5-3-10/h2-8,24H,9H2,1H3,(H,21,25,27)/p-1. The van der Waals surface area contributed by atoms with Gasteiger partial charge in [0.15, 0.2) is 0 Å². The number of nitrogens with one attached hydrogen (secondary N) is 1. The third-order valence-electron chi connectivity index (χ3n) is 4.22. The Hall–Kier alpha value is -4.28. The predicted octanol–water partition coefficient (Wildman–Crippen LogP) is 1.48. The van der Waals surface area contributed by atoms with Crippen LogP contribution in [0.5, 0.6) is 11.5 Å². The number of carbonyl (C=O) groups excluding carboxylic acids is 3. The molecule has 0 unspecified atom stereocenters. The van der Waals surface area contributed by atoms with Crippen LogP contribution in [0.4, 0.5) is 14.9 Å². The van der Waals surface area contributed by atoms with Crippen LogP contribution in [0.15, 0.2) is 42.0 Å². The van der Waals surface area contributed by atoms with Crippen molar-refractivity contribution in [3.8, 4) is 11.5 Å². The number of methoxy groups -OCH3 is 1. The van der Waals surface area contributed by atoms with Crippen molar-refractivity contribution in [1.82, 2.24) is 10.2 Å². The lowest BCUT2D eigenvalue weighted by molar-refractivity contribution is -0.398. The zero-order valence-electron chi connectivity index (χ0n) is 15.4. The molecule has 3 rings (SSSR count). The van der Waals surface area contributed by atoms with Crippen LogP contribution in [-0.2, 0) is 16.1 Å². The third kappa shape index (κ3) is 3.94. The zero-order chi connectivity index (χ0) is 22.0. The fraction of sp³-hybridized carbons (Fsp3) is 0.105. The average Bonchev–Trinajstić information content (AvgIpc) is 2.70. The second-order valence-electron chi connectivity index (χ2n) is 6.16. The van der Waals surface area contributed by atoms with Gasteiger partial charge in [-0.05, 0) is 35.4 Å². The molecule has 2 aromatic rings. The molecule has 11 heteroatoms. The summed E-state index contributed by atoms with van der Waals surface area (Å²) in [5.41, 5.74) is -0.870. The Bertz CT molecular complexity index is 1100. The van der Waals surface area contributed by atoms with Gasteiger partial charge in [-0.3, -0.25) is 29.9 Å². The number of rotatable bonds is 5. The van der Waals surface area contributed by atoms with E-state index in [9.17, 15) is 34.0 Å². The molecule has 1 aliphatic heterocycles. The summed E-state index contributed by atoms with van der Waals surface area (Å²) in [6.07, 6.45) is 1.01. The first kappa shape index (κ1) is 20.5. The molecule has 2 aromatic carbocycles. The number of barbiturate groups is 1. The van der Waals surface area contributed by atoms with Crippen molar-refractivity contribution in [1.29, 1.82) is 0 Å². The topological polar surface area (TPSA) is 142 Å². The number of amides is 4. The lowest BCUT2D eigenvalue weighted by Gasteiger charge is -2.26. The minimum Gasteiger partial charge on any atom is -0.865 e. The van der Waals surface area contributed by atoms with Crippen LogP contribution in [0, 0.1) is 15.9 Å². The monoisotopic (exact) mass is 414 g/mol. The largest absolute Gasteiger partial charge is 0.865 e. The van der Waals surface area contributed by atoms with Gasteiger partial charge in [0.1, 0.15) is 17.1 Å². The van der Waals surface area contributed by atoms with Gasteiger partial charge in [-0.25, -0.2) is 9.18 Å². The Morgan fingerprint density at radius 3 is 2.47 bits per heavy atom. The van der Waals surface area contributed by atoms with Gasteiger partial charge in [0.25, 0.3) is 17.5 Å². The normalized spacial score (nSPS) is 15.3. The van der Waals surface area contributed by atoms with Crippen LogP contribution in [0.25, 0.3) is 6.08 Å². The van der Waals surface area contributed by atoms with Gasteiger partial charge >= 0.3 is 6.03 Å². The third-order valence-corrected chi connectivity index (χ3v) is 4.22. The Kier molecular flexibility index (Phi) is 5.45. The summed E-state index contributed by atoms with van der Waals surface area (Å²) in [5.74, 6) is -3.77. The molecule has 0 radical (unpaired) electrons. The number of carbonyl (C=O) groups is 3. The van der Waals surface area contributed by atoms with E-state index >= 15 is 0 Å². The van der Waals surface area contributed by atoms with Crippen molar-refractivity contribution >= 4 is 29.6 Å². The Labute approximate surface area is 168 Å². The Morgan fingerprint density at radius 1 is 1.20 bits per heavy atom. The Morgan fingerprint density at radius 2 is 1.87 bits per heavy atom. The number of nitro benzene ring substituents is 1. The van der Waals surface area contributed by atoms with Crippen LogP contribution in [0.1, 0.15) is 11.1 Å². The van der Waals surface area contributed by atoms with Crippen LogP contribution < -0.4 is 15.2 Å². The molecule has 1 aliphatic rings. The molecule has 1 saturated heterocycles. The van der Waals surface area contributed by atoms with E-state index in [0.29, 0.717) is 5.56 Å². The molecule has 0 atom stereocenters. The van der Waals surface area contributed by atoms with E-state index in [4.69, 9.17) is 4.74 Å². The van der Waals surface area contributed by atoms with Crippen molar-refractivity contribution in [2.24, 2.45) is 0 Å². The second kappa shape index (κ2) is 7.99. The maximum Gasteiger partial charge on any atom is 0.331 e. The van der Waals surface area contributed by atoms with Crippen molar-refractivity contribution in [3.63, 3.8) is 0 Å². The highest BCUT2D eigenvalue weighted by molar-refractivity contribution is 6.31. The highest BCUT2D eigenvalue weighted by Gasteiger charge is 2.35. The van der Waals surface area contributed by atoms with Gasteiger partial charge in [-0.2, -0.15) is 0 Å². The summed E-state index contributed by atoms with van der Waals surface area (Å²) in [6, 6.07) is 6.10. The molecular formula is C19H13FN3O7-. The zero-order valence-corrected chi connectivity index (χ0v) is 15.4. The number of nitro groups is 1. The number of nitrogens with zero attached hydrogens (tertiary/aromatic N) is 2. The number of imide groups is 2. The van der Waals surface area contributed by atoms with Gasteiger partial charge in [0, 0.05) is 11.8 Å². The van der Waals surface area contributed by atoms with Gasteiger partial charge in [-0.15, -0.1) is 0 Å². The lowest BCUT2D eigenvalue weighted by atomic mass is 10.1. The predicted molar refractivity (Wildman–Crippen MR) is 97.6 cm³/mol. The summed E-state index contributed by atoms with van der Waals surface area (Å²) in [5, 5.41) is 25.0. The number of hydrogen-bond acceptors (Lipinski definition) is 7. The first-order valence-corrected chi connectivity index (χ1v) is 8.38. The van der Waals surface area contributed by atoms with E-state index < -0.39 is 45.6 Å². The average molecular weight is 414 g/mol. The highest BCUT2D eigenvalue weighted by Crippen LogP contribution is 2.35. The van der Waals surface area contributed by atoms with E-state index in [1.807, 2.05) is 5.32 Å². The molecular weight excluding hydrogens is 401 g/mol. The van der Waals surface area contributed by atoms with Crippen molar-refractivity contribution in [2.45, 2.75) is 6.54 Å². The first-order valence-electron chi connectivity index (χ1n) is 8.38. The van der Waals surface area contributed by atoms with E-state index in [1.54, 1.807) is 0 Å². The van der Waals surface area contributed by atoms with Crippen LogP contribution in [-0.4, -0.2) is 34.8 Å². The molecule has 1 heterocycles. The summed E-state index contributed by atoms with van der Waals surface area (Å²) in [7, 11) is 1.14. The van der Waals surface area contributed by atoms with Crippen LogP contribution in [0.2, 0.25) is 0 Å². The Balaban J connectivity index is 1.99. The smallest absolute Gasteiger partial charge is 0.331 e. The van der Waals surface area contributed by atoms with Crippen molar-refractivity contribution < 1.29 is 33.5 Å². The maximum absolute atomic E-state index is 13.1. The van der Waals surface area contributed by atoms with Crippen molar-refractivity contribution in [3.05, 3.63) is 69.0 Å². The number of halogens is 1. The van der Waals surface area contributed by atoms with Gasteiger partial charge < -0.3 is 9.84 Å². The summed E-state index contributed by atoms with van der Waals surface area (Å²) in [4.78, 5) is 47.9.